The lowest BCUT2D eigenvalue weighted by molar-refractivity contribution is -0.117. The lowest BCUT2D eigenvalue weighted by Gasteiger charge is -2.13. The summed E-state index contributed by atoms with van der Waals surface area (Å²) in [5.74, 6) is -0.171. The second-order valence-corrected chi connectivity index (χ2v) is 5.60. The zero-order valence-corrected chi connectivity index (χ0v) is 12.9. The molecule has 0 heterocycles. The standard InChI is InChI=1S/C16H17BrN2O/c1-11-9-13(7-8-14(11)17)19-16(20)15(18)10-12-5-3-2-4-6-12/h2-9,15H,10,18H2,1H3,(H,19,20)/t15-/m0/s1. The van der Waals surface area contributed by atoms with Crippen LogP contribution in [0.15, 0.2) is 53.0 Å². The van der Waals surface area contributed by atoms with Crippen LogP contribution in [0.1, 0.15) is 11.1 Å². The van der Waals surface area contributed by atoms with Gasteiger partial charge in [0, 0.05) is 10.2 Å². The third kappa shape index (κ3) is 3.92. The van der Waals surface area contributed by atoms with Crippen molar-refractivity contribution in [2.24, 2.45) is 5.73 Å². The van der Waals surface area contributed by atoms with Crippen LogP contribution in [0.5, 0.6) is 0 Å². The Labute approximate surface area is 127 Å². The molecule has 0 unspecified atom stereocenters. The van der Waals surface area contributed by atoms with Gasteiger partial charge in [0.1, 0.15) is 0 Å². The predicted molar refractivity (Wildman–Crippen MR) is 85.6 cm³/mol. The first-order chi connectivity index (χ1) is 9.56. The number of anilines is 1. The van der Waals surface area contributed by atoms with Crippen LogP contribution in [0.4, 0.5) is 5.69 Å². The van der Waals surface area contributed by atoms with Gasteiger partial charge >= 0.3 is 0 Å². The van der Waals surface area contributed by atoms with E-state index in [4.69, 9.17) is 5.73 Å². The van der Waals surface area contributed by atoms with Crippen LogP contribution in [-0.2, 0) is 11.2 Å². The molecule has 2 aromatic carbocycles. The third-order valence-electron chi connectivity index (χ3n) is 3.06. The second kappa shape index (κ2) is 6.68. The van der Waals surface area contributed by atoms with Gasteiger partial charge in [0.2, 0.25) is 5.91 Å². The summed E-state index contributed by atoms with van der Waals surface area (Å²) >= 11 is 3.43. The topological polar surface area (TPSA) is 55.1 Å². The Hall–Kier alpha value is -1.65. The molecule has 20 heavy (non-hydrogen) atoms. The van der Waals surface area contributed by atoms with Crippen LogP contribution in [0, 0.1) is 6.92 Å². The van der Waals surface area contributed by atoms with Crippen molar-refractivity contribution in [3.8, 4) is 0 Å². The number of nitrogens with two attached hydrogens (primary N) is 1. The molecular formula is C16H17BrN2O. The number of carbonyl (C=O) groups excluding carboxylic acids is 1. The summed E-state index contributed by atoms with van der Waals surface area (Å²) in [6.07, 6.45) is 0.530. The summed E-state index contributed by atoms with van der Waals surface area (Å²) in [7, 11) is 0. The smallest absolute Gasteiger partial charge is 0.241 e. The molecule has 0 spiro atoms. The normalized spacial score (nSPS) is 11.9. The second-order valence-electron chi connectivity index (χ2n) is 4.75. The molecular weight excluding hydrogens is 316 g/mol. The van der Waals surface area contributed by atoms with E-state index in [1.165, 1.54) is 0 Å². The van der Waals surface area contributed by atoms with Crippen LogP contribution in [0.25, 0.3) is 0 Å². The zero-order valence-electron chi connectivity index (χ0n) is 11.3. The maximum absolute atomic E-state index is 12.1. The number of hydrogen-bond donors (Lipinski definition) is 2. The summed E-state index contributed by atoms with van der Waals surface area (Å²) in [6.45, 7) is 1.98. The van der Waals surface area contributed by atoms with Crippen molar-refractivity contribution in [1.82, 2.24) is 0 Å². The number of benzene rings is 2. The SMILES string of the molecule is Cc1cc(NC(=O)[C@@H](N)Cc2ccccc2)ccc1Br. The maximum atomic E-state index is 12.1. The van der Waals surface area contributed by atoms with E-state index in [9.17, 15) is 4.79 Å². The van der Waals surface area contributed by atoms with E-state index in [1.807, 2.05) is 55.5 Å². The fourth-order valence-electron chi connectivity index (χ4n) is 1.92. The van der Waals surface area contributed by atoms with Gasteiger partial charge in [-0.15, -0.1) is 0 Å². The summed E-state index contributed by atoms with van der Waals surface area (Å²) < 4.78 is 1.02. The highest BCUT2D eigenvalue weighted by Gasteiger charge is 2.14. The van der Waals surface area contributed by atoms with Gasteiger partial charge in [0.05, 0.1) is 6.04 Å². The number of rotatable bonds is 4. The average Bonchev–Trinajstić information content (AvgIpc) is 2.44. The number of aryl methyl sites for hydroxylation is 1. The zero-order chi connectivity index (χ0) is 14.5. The molecule has 4 heteroatoms. The van der Waals surface area contributed by atoms with Crippen LogP contribution in [-0.4, -0.2) is 11.9 Å². The van der Waals surface area contributed by atoms with E-state index in [-0.39, 0.29) is 5.91 Å². The van der Waals surface area contributed by atoms with Gasteiger partial charge in [-0.25, -0.2) is 0 Å². The van der Waals surface area contributed by atoms with Gasteiger partial charge in [-0.2, -0.15) is 0 Å². The van der Waals surface area contributed by atoms with Gasteiger partial charge < -0.3 is 11.1 Å². The molecule has 0 aliphatic heterocycles. The van der Waals surface area contributed by atoms with Crippen molar-refractivity contribution in [2.45, 2.75) is 19.4 Å². The molecule has 3 N–H and O–H groups in total. The molecule has 104 valence electrons. The number of halogens is 1. The molecule has 1 amide bonds. The molecule has 2 rings (SSSR count). The van der Waals surface area contributed by atoms with Crippen molar-refractivity contribution in [1.29, 1.82) is 0 Å². The molecule has 3 nitrogen and oxygen atoms in total. The van der Waals surface area contributed by atoms with Gasteiger partial charge in [-0.3, -0.25) is 4.79 Å². The van der Waals surface area contributed by atoms with Gasteiger partial charge in [0.15, 0.2) is 0 Å². The van der Waals surface area contributed by atoms with E-state index in [0.29, 0.717) is 6.42 Å². The fraction of sp³-hybridized carbons (Fsp3) is 0.188. The molecule has 0 bridgehead atoms. The van der Waals surface area contributed by atoms with E-state index in [0.717, 1.165) is 21.3 Å². The van der Waals surface area contributed by atoms with Gasteiger partial charge in [0.25, 0.3) is 0 Å². The fourth-order valence-corrected chi connectivity index (χ4v) is 2.16. The summed E-state index contributed by atoms with van der Waals surface area (Å²) in [5, 5.41) is 2.85. The van der Waals surface area contributed by atoms with E-state index in [1.54, 1.807) is 0 Å². The molecule has 0 radical (unpaired) electrons. The molecule has 0 saturated heterocycles. The van der Waals surface area contributed by atoms with Crippen molar-refractivity contribution in [2.75, 3.05) is 5.32 Å². The van der Waals surface area contributed by atoms with Crippen LogP contribution in [0.2, 0.25) is 0 Å². The summed E-state index contributed by atoms with van der Waals surface area (Å²) in [4.78, 5) is 12.1. The lowest BCUT2D eigenvalue weighted by Crippen LogP contribution is -2.37. The summed E-state index contributed by atoms with van der Waals surface area (Å²) in [6, 6.07) is 14.9. The Bertz CT molecular complexity index is 599. The largest absolute Gasteiger partial charge is 0.325 e. The Morgan fingerprint density at radius 1 is 1.25 bits per heavy atom. The first-order valence-electron chi connectivity index (χ1n) is 6.43. The molecule has 0 fully saturated rings. The van der Waals surface area contributed by atoms with Crippen molar-refractivity contribution >= 4 is 27.5 Å². The first kappa shape index (κ1) is 14.8. The highest BCUT2D eigenvalue weighted by molar-refractivity contribution is 9.10. The number of hydrogen-bond acceptors (Lipinski definition) is 2. The number of nitrogens with one attached hydrogen (secondary N) is 1. The maximum Gasteiger partial charge on any atom is 0.241 e. The minimum Gasteiger partial charge on any atom is -0.325 e. The molecule has 0 aliphatic rings. The van der Waals surface area contributed by atoms with Crippen molar-refractivity contribution < 1.29 is 4.79 Å². The minimum atomic E-state index is -0.554. The number of amides is 1. The molecule has 1 atom stereocenters. The Morgan fingerprint density at radius 3 is 2.60 bits per heavy atom. The minimum absolute atomic E-state index is 0.171. The van der Waals surface area contributed by atoms with Crippen LogP contribution in [0.3, 0.4) is 0 Å². The Kier molecular flexibility index (Phi) is 4.93. The van der Waals surface area contributed by atoms with E-state index >= 15 is 0 Å². The first-order valence-corrected chi connectivity index (χ1v) is 7.22. The monoisotopic (exact) mass is 332 g/mol. The highest BCUT2D eigenvalue weighted by atomic mass is 79.9. The van der Waals surface area contributed by atoms with E-state index in [2.05, 4.69) is 21.2 Å². The van der Waals surface area contributed by atoms with Crippen LogP contribution >= 0.6 is 15.9 Å². The molecule has 0 saturated carbocycles. The average molecular weight is 333 g/mol. The van der Waals surface area contributed by atoms with Crippen molar-refractivity contribution in [3.05, 3.63) is 64.1 Å². The van der Waals surface area contributed by atoms with Crippen molar-refractivity contribution in [3.63, 3.8) is 0 Å². The Morgan fingerprint density at radius 2 is 1.95 bits per heavy atom. The lowest BCUT2D eigenvalue weighted by atomic mass is 10.1. The molecule has 2 aromatic rings. The predicted octanol–water partition coefficient (Wildman–Crippen LogP) is 3.27. The van der Waals surface area contributed by atoms with Gasteiger partial charge in [-0.05, 0) is 42.7 Å². The molecule has 0 aliphatic carbocycles. The van der Waals surface area contributed by atoms with Gasteiger partial charge in [-0.1, -0.05) is 46.3 Å². The highest BCUT2D eigenvalue weighted by Crippen LogP contribution is 2.20. The third-order valence-corrected chi connectivity index (χ3v) is 3.95. The summed E-state index contributed by atoms with van der Waals surface area (Å²) in [5.41, 5.74) is 8.83. The van der Waals surface area contributed by atoms with E-state index < -0.39 is 6.04 Å². The van der Waals surface area contributed by atoms with Crippen LogP contribution < -0.4 is 11.1 Å². The quantitative estimate of drug-likeness (QED) is 0.902. The Balaban J connectivity index is 1.99. The molecule has 0 aromatic heterocycles. The number of carbonyl (C=O) groups is 1.